The van der Waals surface area contributed by atoms with E-state index in [9.17, 15) is 13.6 Å². The topological polar surface area (TPSA) is 54.5 Å². The number of pyridine rings is 1. The normalized spacial score (nSPS) is 21.5. The number of ether oxygens (including phenoxy) is 1. The predicted molar refractivity (Wildman–Crippen MR) is 112 cm³/mol. The Morgan fingerprint density at radius 1 is 1.23 bits per heavy atom. The first-order chi connectivity index (χ1) is 14.5. The zero-order valence-corrected chi connectivity index (χ0v) is 17.2. The average molecular weight is 418 g/mol. The van der Waals surface area contributed by atoms with Gasteiger partial charge in [0.1, 0.15) is 11.4 Å². The van der Waals surface area contributed by atoms with Gasteiger partial charge in [0, 0.05) is 31.3 Å². The van der Waals surface area contributed by atoms with E-state index in [1.54, 1.807) is 6.07 Å². The molecule has 0 radical (unpaired) electrons. The molecule has 2 saturated heterocycles. The van der Waals surface area contributed by atoms with E-state index in [1.807, 2.05) is 24.3 Å². The fraction of sp³-hybridized carbons (Fsp3) is 0.565. The van der Waals surface area contributed by atoms with Crippen LogP contribution in [0.3, 0.4) is 0 Å². The molecule has 162 valence electrons. The first-order valence-corrected chi connectivity index (χ1v) is 10.9. The number of piperidine rings is 2. The minimum absolute atomic E-state index is 0.0647. The number of carbonyl (C=O) groups excluding carboxylic acids is 1. The molecule has 1 aromatic carbocycles. The molecule has 30 heavy (non-hydrogen) atoms. The number of alkyl halides is 2. The van der Waals surface area contributed by atoms with Gasteiger partial charge in [0.2, 0.25) is 0 Å². The van der Waals surface area contributed by atoms with Crippen molar-refractivity contribution in [3.05, 3.63) is 36.0 Å². The Hall–Kier alpha value is -2.28. The lowest BCUT2D eigenvalue weighted by Gasteiger charge is -2.31. The third-order valence-corrected chi connectivity index (χ3v) is 6.09. The minimum Gasteiger partial charge on any atom is -0.494 e. The first-order valence-electron chi connectivity index (χ1n) is 10.9. The quantitative estimate of drug-likeness (QED) is 0.714. The molecular weight excluding hydrogens is 388 g/mol. The number of nitrogens with one attached hydrogen (secondary N) is 1. The van der Waals surface area contributed by atoms with E-state index in [0.29, 0.717) is 17.8 Å². The van der Waals surface area contributed by atoms with Gasteiger partial charge < -0.3 is 15.0 Å². The molecule has 0 spiro atoms. The van der Waals surface area contributed by atoms with Crippen molar-refractivity contribution in [3.63, 3.8) is 0 Å². The predicted octanol–water partition coefficient (Wildman–Crippen LogP) is 4.26. The summed E-state index contributed by atoms with van der Waals surface area (Å²) in [6.45, 7) is 3.07. The van der Waals surface area contributed by atoms with Gasteiger partial charge in [-0.15, -0.1) is 0 Å². The van der Waals surface area contributed by atoms with Crippen LogP contribution in [0.5, 0.6) is 5.75 Å². The van der Waals surface area contributed by atoms with Crippen LogP contribution in [0.25, 0.3) is 10.9 Å². The zero-order valence-electron chi connectivity index (χ0n) is 17.2. The number of rotatable bonds is 6. The van der Waals surface area contributed by atoms with Crippen molar-refractivity contribution in [2.24, 2.45) is 5.92 Å². The Balaban J connectivity index is 1.32. The zero-order chi connectivity index (χ0) is 21.0. The first kappa shape index (κ1) is 21.0. The molecule has 5 nitrogen and oxygen atoms in total. The van der Waals surface area contributed by atoms with E-state index in [4.69, 9.17) is 4.74 Å². The van der Waals surface area contributed by atoms with Gasteiger partial charge >= 0.3 is 0 Å². The van der Waals surface area contributed by atoms with Crippen molar-refractivity contribution in [1.29, 1.82) is 0 Å². The SMILES string of the molecule is O=C(c1ccc2cc(OCCCC3CCCNC3)ccc2n1)N1CCC(F)(F)CC1. The number of amides is 1. The Labute approximate surface area is 175 Å². The van der Waals surface area contributed by atoms with Crippen LogP contribution in [0.15, 0.2) is 30.3 Å². The van der Waals surface area contributed by atoms with Crippen LogP contribution in [0.1, 0.15) is 49.0 Å². The van der Waals surface area contributed by atoms with E-state index in [1.165, 1.54) is 24.2 Å². The monoisotopic (exact) mass is 417 g/mol. The largest absolute Gasteiger partial charge is 0.494 e. The summed E-state index contributed by atoms with van der Waals surface area (Å²) in [6, 6.07) is 9.15. The van der Waals surface area contributed by atoms with Crippen molar-refractivity contribution >= 4 is 16.8 Å². The molecule has 2 aliphatic heterocycles. The van der Waals surface area contributed by atoms with Crippen LogP contribution in [-0.2, 0) is 0 Å². The molecule has 2 fully saturated rings. The summed E-state index contributed by atoms with van der Waals surface area (Å²) in [5.74, 6) is -1.41. The standard InChI is InChI=1S/C23H29F2N3O2/c24-23(25)9-12-28(13-10-23)22(29)21-7-5-18-15-19(6-8-20(18)27-21)30-14-2-4-17-3-1-11-26-16-17/h5-8,15,17,26H,1-4,9-14,16H2. The summed E-state index contributed by atoms with van der Waals surface area (Å²) in [5.41, 5.74) is 0.992. The van der Waals surface area contributed by atoms with Gasteiger partial charge in [-0.3, -0.25) is 4.79 Å². The van der Waals surface area contributed by atoms with E-state index in [0.717, 1.165) is 36.6 Å². The minimum atomic E-state index is -2.67. The Bertz CT molecular complexity index is 874. The maximum atomic E-state index is 13.3. The number of fused-ring (bicyclic) bond motifs is 1. The summed E-state index contributed by atoms with van der Waals surface area (Å²) in [6.07, 6.45) is 4.20. The van der Waals surface area contributed by atoms with Gasteiger partial charge in [0.15, 0.2) is 0 Å². The molecule has 1 unspecified atom stereocenters. The summed E-state index contributed by atoms with van der Waals surface area (Å²) in [4.78, 5) is 18.5. The van der Waals surface area contributed by atoms with E-state index < -0.39 is 5.92 Å². The average Bonchev–Trinajstić information content (AvgIpc) is 2.76. The van der Waals surface area contributed by atoms with Gasteiger partial charge in [-0.2, -0.15) is 0 Å². The van der Waals surface area contributed by atoms with Crippen molar-refractivity contribution in [1.82, 2.24) is 15.2 Å². The second-order valence-electron chi connectivity index (χ2n) is 8.40. The van der Waals surface area contributed by atoms with E-state index >= 15 is 0 Å². The van der Waals surface area contributed by atoms with E-state index in [-0.39, 0.29) is 31.8 Å². The van der Waals surface area contributed by atoms with Crippen molar-refractivity contribution in [2.45, 2.75) is 44.4 Å². The number of halogens is 2. The van der Waals surface area contributed by atoms with Gasteiger partial charge in [0.05, 0.1) is 12.1 Å². The van der Waals surface area contributed by atoms with Gasteiger partial charge in [0.25, 0.3) is 11.8 Å². The summed E-state index contributed by atoms with van der Waals surface area (Å²) < 4.78 is 32.6. The van der Waals surface area contributed by atoms with Gasteiger partial charge in [-0.25, -0.2) is 13.8 Å². The fourth-order valence-corrected chi connectivity index (χ4v) is 4.24. The van der Waals surface area contributed by atoms with Crippen LogP contribution < -0.4 is 10.1 Å². The second-order valence-corrected chi connectivity index (χ2v) is 8.40. The summed E-state index contributed by atoms with van der Waals surface area (Å²) >= 11 is 0. The Morgan fingerprint density at radius 2 is 2.07 bits per heavy atom. The van der Waals surface area contributed by atoms with Crippen LogP contribution in [-0.4, -0.2) is 54.5 Å². The molecule has 0 aliphatic carbocycles. The number of nitrogens with zero attached hydrogens (tertiary/aromatic N) is 2. The molecule has 1 amide bonds. The molecule has 1 aromatic heterocycles. The molecule has 2 aliphatic rings. The molecule has 7 heteroatoms. The lowest BCUT2D eigenvalue weighted by atomic mass is 9.95. The van der Waals surface area contributed by atoms with Crippen LogP contribution in [0.2, 0.25) is 0 Å². The van der Waals surface area contributed by atoms with Gasteiger partial charge in [-0.1, -0.05) is 6.07 Å². The maximum Gasteiger partial charge on any atom is 0.272 e. The Morgan fingerprint density at radius 3 is 2.83 bits per heavy atom. The Kier molecular flexibility index (Phi) is 6.46. The second kappa shape index (κ2) is 9.25. The van der Waals surface area contributed by atoms with Crippen molar-refractivity contribution in [2.75, 3.05) is 32.8 Å². The highest BCUT2D eigenvalue weighted by molar-refractivity contribution is 5.95. The third-order valence-electron chi connectivity index (χ3n) is 6.09. The molecule has 0 saturated carbocycles. The highest BCUT2D eigenvalue weighted by Crippen LogP contribution is 2.28. The van der Waals surface area contributed by atoms with Crippen molar-refractivity contribution < 1.29 is 18.3 Å². The fourth-order valence-electron chi connectivity index (χ4n) is 4.24. The summed E-state index contributed by atoms with van der Waals surface area (Å²) in [7, 11) is 0. The number of likely N-dealkylation sites (tertiary alicyclic amines) is 1. The number of aromatic nitrogens is 1. The van der Waals surface area contributed by atoms with Crippen LogP contribution >= 0.6 is 0 Å². The van der Waals surface area contributed by atoms with Crippen molar-refractivity contribution in [3.8, 4) is 5.75 Å². The number of hydrogen-bond acceptors (Lipinski definition) is 4. The molecule has 1 atom stereocenters. The summed E-state index contributed by atoms with van der Waals surface area (Å²) in [5, 5.41) is 4.34. The molecule has 2 aromatic rings. The number of carbonyl (C=O) groups is 1. The van der Waals surface area contributed by atoms with Crippen LogP contribution in [0.4, 0.5) is 8.78 Å². The highest BCUT2D eigenvalue weighted by atomic mass is 19.3. The van der Waals surface area contributed by atoms with E-state index in [2.05, 4.69) is 10.3 Å². The maximum absolute atomic E-state index is 13.3. The third kappa shape index (κ3) is 5.25. The molecular formula is C23H29F2N3O2. The molecule has 3 heterocycles. The van der Waals surface area contributed by atoms with Crippen LogP contribution in [0, 0.1) is 5.92 Å². The highest BCUT2D eigenvalue weighted by Gasteiger charge is 2.36. The molecule has 1 N–H and O–H groups in total. The molecule has 0 bridgehead atoms. The van der Waals surface area contributed by atoms with Gasteiger partial charge in [-0.05, 0) is 69.0 Å². The number of hydrogen-bond donors (Lipinski definition) is 1. The smallest absolute Gasteiger partial charge is 0.272 e. The molecule has 4 rings (SSSR count). The lowest BCUT2D eigenvalue weighted by Crippen LogP contribution is -2.42. The lowest BCUT2D eigenvalue weighted by molar-refractivity contribution is -0.0495. The number of benzene rings is 1.